The second kappa shape index (κ2) is 4.71. The third-order valence-corrected chi connectivity index (χ3v) is 2.28. The molecule has 2 heterocycles. The third-order valence-electron chi connectivity index (χ3n) is 1.52. The van der Waals surface area contributed by atoms with Crippen LogP contribution in [0.3, 0.4) is 0 Å². The summed E-state index contributed by atoms with van der Waals surface area (Å²) < 4.78 is 4.88. The van der Waals surface area contributed by atoms with Crippen molar-refractivity contribution in [3.63, 3.8) is 0 Å². The molecular weight excluding hydrogens is 228 g/mol. The Morgan fingerprint density at radius 3 is 2.56 bits per heavy atom. The quantitative estimate of drug-likeness (QED) is 0.764. The van der Waals surface area contributed by atoms with Gasteiger partial charge in [0.25, 0.3) is 0 Å². The minimum absolute atomic E-state index is 0.102. The number of ether oxygens (including phenoxy) is 1. The average molecular weight is 236 g/mol. The molecule has 0 aromatic carbocycles. The van der Waals surface area contributed by atoms with E-state index in [1.807, 2.05) is 0 Å². The fourth-order valence-electron chi connectivity index (χ4n) is 0.910. The number of rotatable bonds is 3. The van der Waals surface area contributed by atoms with Crippen LogP contribution in [0.1, 0.15) is 0 Å². The number of nitrogens with zero attached hydrogens (tertiary/aromatic N) is 5. The molecule has 2 aromatic heterocycles. The maximum Gasteiger partial charge on any atom is 0.321 e. The minimum atomic E-state index is 0.102. The number of anilines is 1. The van der Waals surface area contributed by atoms with Gasteiger partial charge in [-0.2, -0.15) is 15.0 Å². The van der Waals surface area contributed by atoms with Crippen LogP contribution in [0, 0.1) is 0 Å². The Morgan fingerprint density at radius 1 is 1.12 bits per heavy atom. The Bertz CT molecular complexity index is 479. The molecule has 0 atom stereocenters. The molecule has 0 saturated heterocycles. The van der Waals surface area contributed by atoms with Crippen molar-refractivity contribution in [3.05, 3.63) is 18.5 Å². The van der Waals surface area contributed by atoms with Gasteiger partial charge in [0, 0.05) is 12.4 Å². The number of hydrogen-bond acceptors (Lipinski definition) is 8. The highest BCUT2D eigenvalue weighted by atomic mass is 32.2. The molecule has 2 aromatic rings. The molecule has 0 spiro atoms. The number of aromatic nitrogens is 5. The largest absolute Gasteiger partial charge is 0.467 e. The fourth-order valence-corrected chi connectivity index (χ4v) is 1.56. The van der Waals surface area contributed by atoms with Gasteiger partial charge in [-0.05, 0) is 17.8 Å². The summed E-state index contributed by atoms with van der Waals surface area (Å²) in [5, 5.41) is 0.936. The lowest BCUT2D eigenvalue weighted by atomic mass is 10.7. The van der Waals surface area contributed by atoms with Gasteiger partial charge >= 0.3 is 6.01 Å². The summed E-state index contributed by atoms with van der Waals surface area (Å²) in [7, 11) is 1.46. The lowest BCUT2D eigenvalue weighted by Gasteiger charge is -2.01. The van der Waals surface area contributed by atoms with Crippen LogP contribution in [0.25, 0.3) is 0 Å². The molecule has 7 nitrogen and oxygen atoms in total. The minimum Gasteiger partial charge on any atom is -0.467 e. The van der Waals surface area contributed by atoms with Gasteiger partial charge in [0.2, 0.25) is 11.1 Å². The Labute approximate surface area is 95.5 Å². The molecule has 0 unspecified atom stereocenters. The highest BCUT2D eigenvalue weighted by Gasteiger charge is 2.07. The van der Waals surface area contributed by atoms with Crippen LogP contribution in [0.15, 0.2) is 28.8 Å². The van der Waals surface area contributed by atoms with E-state index in [-0.39, 0.29) is 12.0 Å². The standard InChI is InChI=1S/C8H8N6OS/c1-15-6-12-5(9)13-8(14-6)16-7-10-3-2-4-11-7/h2-4H,1H3,(H2,9,12,13,14). The number of nitrogens with two attached hydrogens (primary N) is 1. The second-order valence-corrected chi connectivity index (χ2v) is 3.53. The molecule has 16 heavy (non-hydrogen) atoms. The van der Waals surface area contributed by atoms with Gasteiger partial charge in [-0.1, -0.05) is 0 Å². The molecule has 0 aliphatic rings. The normalized spacial score (nSPS) is 10.1. The van der Waals surface area contributed by atoms with Crippen molar-refractivity contribution in [3.8, 4) is 6.01 Å². The first kappa shape index (κ1) is 10.6. The average Bonchev–Trinajstić information content (AvgIpc) is 2.29. The molecule has 0 amide bonds. The van der Waals surface area contributed by atoms with Crippen LogP contribution >= 0.6 is 11.8 Å². The molecule has 0 bridgehead atoms. The van der Waals surface area contributed by atoms with E-state index in [4.69, 9.17) is 10.5 Å². The molecule has 0 radical (unpaired) electrons. The summed E-state index contributed by atoms with van der Waals surface area (Å²) in [6, 6.07) is 1.90. The number of nitrogen functional groups attached to an aromatic ring is 1. The first-order valence-electron chi connectivity index (χ1n) is 4.28. The molecule has 0 aliphatic heterocycles. The molecule has 0 fully saturated rings. The van der Waals surface area contributed by atoms with E-state index in [9.17, 15) is 0 Å². The van der Waals surface area contributed by atoms with Crippen LogP contribution in [-0.4, -0.2) is 32.0 Å². The topological polar surface area (TPSA) is 99.7 Å². The van der Waals surface area contributed by atoms with Gasteiger partial charge in [0.05, 0.1) is 7.11 Å². The number of hydrogen-bond donors (Lipinski definition) is 1. The Kier molecular flexibility index (Phi) is 3.10. The van der Waals surface area contributed by atoms with E-state index in [1.165, 1.54) is 18.9 Å². The second-order valence-electron chi connectivity index (χ2n) is 2.60. The molecular formula is C8H8N6OS. The van der Waals surface area contributed by atoms with Gasteiger partial charge in [0.15, 0.2) is 5.16 Å². The van der Waals surface area contributed by atoms with Crippen molar-refractivity contribution < 1.29 is 4.74 Å². The zero-order valence-electron chi connectivity index (χ0n) is 8.36. The van der Waals surface area contributed by atoms with Gasteiger partial charge in [-0.25, -0.2) is 9.97 Å². The Balaban J connectivity index is 2.24. The summed E-state index contributed by atoms with van der Waals surface area (Å²) in [4.78, 5) is 19.8. The maximum atomic E-state index is 5.49. The van der Waals surface area contributed by atoms with Crippen LogP contribution in [-0.2, 0) is 0 Å². The van der Waals surface area contributed by atoms with Crippen molar-refractivity contribution >= 4 is 17.7 Å². The molecule has 2 N–H and O–H groups in total. The molecule has 0 saturated carbocycles. The summed E-state index contributed by atoms with van der Waals surface area (Å²) >= 11 is 1.19. The van der Waals surface area contributed by atoms with Gasteiger partial charge in [-0.3, -0.25) is 0 Å². The van der Waals surface area contributed by atoms with E-state index in [0.29, 0.717) is 10.3 Å². The first-order chi connectivity index (χ1) is 7.78. The summed E-state index contributed by atoms with van der Waals surface area (Å²) in [6.45, 7) is 0. The fraction of sp³-hybridized carbons (Fsp3) is 0.125. The highest BCUT2D eigenvalue weighted by Crippen LogP contribution is 2.21. The van der Waals surface area contributed by atoms with E-state index >= 15 is 0 Å². The van der Waals surface area contributed by atoms with Crippen LogP contribution < -0.4 is 10.5 Å². The Hall–Kier alpha value is -1.96. The van der Waals surface area contributed by atoms with Crippen molar-refractivity contribution in [2.75, 3.05) is 12.8 Å². The predicted octanol–water partition coefficient (Wildman–Crippen LogP) is 0.404. The first-order valence-corrected chi connectivity index (χ1v) is 5.10. The maximum absolute atomic E-state index is 5.49. The van der Waals surface area contributed by atoms with Crippen LogP contribution in [0.4, 0.5) is 5.95 Å². The summed E-state index contributed by atoms with van der Waals surface area (Å²) in [5.74, 6) is 0.102. The van der Waals surface area contributed by atoms with E-state index in [1.54, 1.807) is 18.5 Å². The van der Waals surface area contributed by atoms with Crippen molar-refractivity contribution in [2.24, 2.45) is 0 Å². The van der Waals surface area contributed by atoms with Crippen LogP contribution in [0.2, 0.25) is 0 Å². The van der Waals surface area contributed by atoms with Gasteiger partial charge in [-0.15, -0.1) is 0 Å². The smallest absolute Gasteiger partial charge is 0.321 e. The molecule has 82 valence electrons. The monoisotopic (exact) mass is 236 g/mol. The van der Waals surface area contributed by atoms with E-state index in [0.717, 1.165) is 0 Å². The third kappa shape index (κ3) is 2.54. The highest BCUT2D eigenvalue weighted by molar-refractivity contribution is 7.99. The predicted molar refractivity (Wildman–Crippen MR) is 56.9 cm³/mol. The molecule has 0 aliphatic carbocycles. The van der Waals surface area contributed by atoms with E-state index in [2.05, 4.69) is 24.9 Å². The van der Waals surface area contributed by atoms with Crippen molar-refractivity contribution in [2.45, 2.75) is 10.3 Å². The molecule has 2 rings (SSSR count). The summed E-state index contributed by atoms with van der Waals surface area (Å²) in [5.41, 5.74) is 5.49. The van der Waals surface area contributed by atoms with Gasteiger partial charge in [0.1, 0.15) is 0 Å². The van der Waals surface area contributed by atoms with Crippen molar-refractivity contribution in [1.82, 2.24) is 24.9 Å². The SMILES string of the molecule is COc1nc(N)nc(Sc2ncccn2)n1. The number of methoxy groups -OCH3 is 1. The van der Waals surface area contributed by atoms with Crippen molar-refractivity contribution in [1.29, 1.82) is 0 Å². The zero-order chi connectivity index (χ0) is 11.4. The summed E-state index contributed by atoms with van der Waals surface area (Å²) in [6.07, 6.45) is 3.27. The zero-order valence-corrected chi connectivity index (χ0v) is 9.18. The molecule has 8 heteroatoms. The van der Waals surface area contributed by atoms with Gasteiger partial charge < -0.3 is 10.5 Å². The Morgan fingerprint density at radius 2 is 1.88 bits per heavy atom. The lowest BCUT2D eigenvalue weighted by molar-refractivity contribution is 0.374. The van der Waals surface area contributed by atoms with Crippen LogP contribution in [0.5, 0.6) is 6.01 Å². The van der Waals surface area contributed by atoms with E-state index < -0.39 is 0 Å². The lowest BCUT2D eigenvalue weighted by Crippen LogP contribution is -2.02.